The fourth-order valence-electron chi connectivity index (χ4n) is 7.83. The molecule has 1 aromatic rings. The zero-order valence-electron chi connectivity index (χ0n) is 18.6. The summed E-state index contributed by atoms with van der Waals surface area (Å²) in [6.07, 6.45) is 10.7. The second kappa shape index (κ2) is 7.07. The van der Waals surface area contributed by atoms with E-state index in [1.54, 1.807) is 7.11 Å². The Morgan fingerprint density at radius 1 is 1.03 bits per heavy atom. The van der Waals surface area contributed by atoms with Crippen LogP contribution in [0.2, 0.25) is 0 Å². The number of carbonyl (C=O) groups excluding carboxylic acids is 2. The number of Topliss-reactive ketones (excluding diaryl/α,β-unsaturated/α-hetero) is 2. The van der Waals surface area contributed by atoms with Crippen molar-refractivity contribution in [2.45, 2.75) is 65.2 Å². The molecule has 0 heterocycles. The summed E-state index contributed by atoms with van der Waals surface area (Å²) in [5, 5.41) is 0. The summed E-state index contributed by atoms with van der Waals surface area (Å²) in [6, 6.07) is 7.88. The van der Waals surface area contributed by atoms with Crippen LogP contribution in [-0.4, -0.2) is 18.7 Å². The highest BCUT2D eigenvalue weighted by Crippen LogP contribution is 2.65. The molecule has 3 heteroatoms. The van der Waals surface area contributed by atoms with Gasteiger partial charge < -0.3 is 4.74 Å². The smallest absolute Gasteiger partial charge is 0.165 e. The summed E-state index contributed by atoms with van der Waals surface area (Å²) in [5.41, 5.74) is 1.60. The van der Waals surface area contributed by atoms with E-state index in [-0.39, 0.29) is 17.1 Å². The maximum Gasteiger partial charge on any atom is 0.165 e. The third-order valence-electron chi connectivity index (χ3n) is 9.37. The van der Waals surface area contributed by atoms with Crippen LogP contribution >= 0.6 is 0 Å². The Kier molecular flexibility index (Phi) is 4.72. The zero-order valence-corrected chi connectivity index (χ0v) is 18.6. The van der Waals surface area contributed by atoms with E-state index in [0.29, 0.717) is 30.0 Å². The molecule has 0 saturated heterocycles. The third kappa shape index (κ3) is 2.84. The van der Waals surface area contributed by atoms with Gasteiger partial charge in [0, 0.05) is 17.8 Å². The van der Waals surface area contributed by atoms with Gasteiger partial charge in [0.05, 0.1) is 7.11 Å². The molecule has 0 aliphatic heterocycles. The van der Waals surface area contributed by atoms with Gasteiger partial charge in [-0.1, -0.05) is 38.8 Å². The van der Waals surface area contributed by atoms with Gasteiger partial charge in [-0.2, -0.15) is 0 Å². The molecule has 1 aromatic carbocycles. The molecule has 0 unspecified atom stereocenters. The van der Waals surface area contributed by atoms with Crippen LogP contribution in [0.15, 0.2) is 29.8 Å². The lowest BCUT2D eigenvalue weighted by molar-refractivity contribution is -0.159. The molecule has 0 N–H and O–H groups in total. The van der Waals surface area contributed by atoms with Crippen molar-refractivity contribution in [2.75, 3.05) is 7.11 Å². The molecule has 4 fully saturated rings. The molecular formula is C27H34O3. The topological polar surface area (TPSA) is 43.4 Å². The molecule has 6 atom stereocenters. The molecule has 160 valence electrons. The largest absolute Gasteiger partial charge is 0.497 e. The minimum absolute atomic E-state index is 0.158. The van der Waals surface area contributed by atoms with Gasteiger partial charge in [0.1, 0.15) is 11.5 Å². The number of benzene rings is 1. The number of methoxy groups -OCH3 is 1. The van der Waals surface area contributed by atoms with Crippen molar-refractivity contribution in [3.05, 3.63) is 35.4 Å². The van der Waals surface area contributed by atoms with Crippen molar-refractivity contribution in [3.63, 3.8) is 0 Å². The molecule has 0 amide bonds. The highest BCUT2D eigenvalue weighted by atomic mass is 16.5. The minimum Gasteiger partial charge on any atom is -0.497 e. The summed E-state index contributed by atoms with van der Waals surface area (Å²) in [6.45, 7) is 4.48. The van der Waals surface area contributed by atoms with Crippen LogP contribution < -0.4 is 4.74 Å². The van der Waals surface area contributed by atoms with E-state index in [1.807, 2.05) is 24.3 Å². The van der Waals surface area contributed by atoms with Crippen molar-refractivity contribution in [1.82, 2.24) is 0 Å². The van der Waals surface area contributed by atoms with Crippen LogP contribution in [0.5, 0.6) is 5.75 Å². The van der Waals surface area contributed by atoms with E-state index in [2.05, 4.69) is 19.9 Å². The molecule has 5 rings (SSSR count). The second-order valence-electron chi connectivity index (χ2n) is 10.8. The fraction of sp³-hybridized carbons (Fsp3) is 0.630. The highest BCUT2D eigenvalue weighted by molar-refractivity contribution is 6.08. The average Bonchev–Trinajstić information content (AvgIpc) is 2.98. The first-order valence-electron chi connectivity index (χ1n) is 11.8. The van der Waals surface area contributed by atoms with Crippen LogP contribution in [-0.2, 0) is 9.59 Å². The van der Waals surface area contributed by atoms with Crippen molar-refractivity contribution < 1.29 is 14.3 Å². The van der Waals surface area contributed by atoms with E-state index < -0.39 is 5.41 Å². The molecule has 3 nitrogen and oxygen atoms in total. The van der Waals surface area contributed by atoms with E-state index in [0.717, 1.165) is 29.7 Å². The van der Waals surface area contributed by atoms with Gasteiger partial charge in [-0.25, -0.2) is 0 Å². The number of hydrogen-bond donors (Lipinski definition) is 0. The lowest BCUT2D eigenvalue weighted by atomic mass is 9.45. The molecule has 0 radical (unpaired) electrons. The van der Waals surface area contributed by atoms with Crippen molar-refractivity contribution in [3.8, 4) is 5.75 Å². The SMILES string of the molecule is COc1ccc(/C=C2\C[C@@H]3[C@@H]4CC[C@H]5CCCC[C@]5(C)[C@H]4C(=O)C[C@]3(C)C2=O)cc1. The van der Waals surface area contributed by atoms with Gasteiger partial charge in [0.2, 0.25) is 0 Å². The van der Waals surface area contributed by atoms with Gasteiger partial charge in [-0.05, 0) is 84.6 Å². The quantitative estimate of drug-likeness (QED) is 0.577. The van der Waals surface area contributed by atoms with E-state index in [1.165, 1.54) is 32.1 Å². The van der Waals surface area contributed by atoms with Crippen LogP contribution in [0, 0.1) is 34.5 Å². The minimum atomic E-state index is -0.506. The van der Waals surface area contributed by atoms with Crippen molar-refractivity contribution in [1.29, 1.82) is 0 Å². The summed E-state index contributed by atoms with van der Waals surface area (Å²) < 4.78 is 5.25. The van der Waals surface area contributed by atoms with E-state index in [4.69, 9.17) is 4.74 Å². The third-order valence-corrected chi connectivity index (χ3v) is 9.37. The molecular weight excluding hydrogens is 372 g/mol. The van der Waals surface area contributed by atoms with E-state index in [9.17, 15) is 9.59 Å². The van der Waals surface area contributed by atoms with Gasteiger partial charge in [0.25, 0.3) is 0 Å². The Bertz CT molecular complexity index is 897. The maximum atomic E-state index is 13.5. The Morgan fingerprint density at radius 2 is 1.80 bits per heavy atom. The Hall–Kier alpha value is -1.90. The van der Waals surface area contributed by atoms with Gasteiger partial charge in [0.15, 0.2) is 5.78 Å². The summed E-state index contributed by atoms with van der Waals surface area (Å²) >= 11 is 0. The maximum absolute atomic E-state index is 13.5. The Labute approximate surface area is 180 Å². The number of ether oxygens (including phenoxy) is 1. The second-order valence-corrected chi connectivity index (χ2v) is 10.8. The van der Waals surface area contributed by atoms with Crippen molar-refractivity contribution >= 4 is 17.6 Å². The first-order chi connectivity index (χ1) is 14.4. The molecule has 30 heavy (non-hydrogen) atoms. The first-order valence-corrected chi connectivity index (χ1v) is 11.8. The van der Waals surface area contributed by atoms with E-state index >= 15 is 0 Å². The lowest BCUT2D eigenvalue weighted by Gasteiger charge is -2.58. The Morgan fingerprint density at radius 3 is 2.53 bits per heavy atom. The number of fused-ring (bicyclic) bond motifs is 5. The van der Waals surface area contributed by atoms with Crippen LogP contribution in [0.25, 0.3) is 6.08 Å². The first kappa shape index (κ1) is 20.0. The van der Waals surface area contributed by atoms with Crippen LogP contribution in [0.3, 0.4) is 0 Å². The molecule has 0 aromatic heterocycles. The summed E-state index contributed by atoms with van der Waals surface area (Å²) in [4.78, 5) is 27.1. The standard InChI is InChI=1S/C27H34O3/c1-26-13-5-4-6-19(26)9-12-21-22-15-18(14-17-7-10-20(30-3)11-8-17)25(29)27(22,2)16-23(28)24(21)26/h7-8,10-11,14,19,21-22,24H,4-6,9,12-13,15-16H2,1-3H3/b18-14+/t19-,21+,22-,24-,26+,27+/m1/s1. The summed E-state index contributed by atoms with van der Waals surface area (Å²) in [7, 11) is 1.66. The molecule has 4 aliphatic carbocycles. The predicted octanol–water partition coefficient (Wildman–Crippen LogP) is 5.87. The average molecular weight is 407 g/mol. The number of rotatable bonds is 2. The lowest BCUT2D eigenvalue weighted by Crippen LogP contribution is -2.56. The van der Waals surface area contributed by atoms with Gasteiger partial charge >= 0.3 is 0 Å². The van der Waals surface area contributed by atoms with Gasteiger partial charge in [-0.3, -0.25) is 9.59 Å². The molecule has 0 spiro atoms. The monoisotopic (exact) mass is 406 g/mol. The number of carbonyl (C=O) groups is 2. The van der Waals surface area contributed by atoms with Crippen LogP contribution in [0.4, 0.5) is 0 Å². The predicted molar refractivity (Wildman–Crippen MR) is 118 cm³/mol. The molecule has 4 aliphatic rings. The van der Waals surface area contributed by atoms with Crippen molar-refractivity contribution in [2.24, 2.45) is 34.5 Å². The normalized spacial score (nSPS) is 41.9. The van der Waals surface area contributed by atoms with Crippen LogP contribution in [0.1, 0.15) is 70.8 Å². The molecule has 4 saturated carbocycles. The number of allylic oxidation sites excluding steroid dienone is 1. The molecule has 0 bridgehead atoms. The number of ketones is 2. The summed E-state index contributed by atoms with van der Waals surface area (Å²) in [5.74, 6) is 2.98. The highest BCUT2D eigenvalue weighted by Gasteiger charge is 2.63. The van der Waals surface area contributed by atoms with Gasteiger partial charge in [-0.15, -0.1) is 0 Å². The zero-order chi connectivity index (χ0) is 21.1. The fourth-order valence-corrected chi connectivity index (χ4v) is 7.83. The number of hydrogen-bond acceptors (Lipinski definition) is 3. The Balaban J connectivity index is 1.48.